The van der Waals surface area contributed by atoms with Gasteiger partial charge in [0.25, 0.3) is 0 Å². The van der Waals surface area contributed by atoms with E-state index in [4.69, 9.17) is 5.11 Å². The zero-order valence-electron chi connectivity index (χ0n) is 8.93. The minimum atomic E-state index is -1.56. The smallest absolute Gasteiger partial charge is 0.407 e. The first-order valence-corrected chi connectivity index (χ1v) is 5.04. The molecule has 16 heavy (non-hydrogen) atoms. The van der Waals surface area contributed by atoms with Gasteiger partial charge in [0.05, 0.1) is 0 Å². The number of alkyl halides is 1. The number of likely N-dealkylation sites (tertiary alicyclic amines) is 1. The Morgan fingerprint density at radius 3 is 2.62 bits per heavy atom. The Balaban J connectivity index is 2.13. The van der Waals surface area contributed by atoms with Crippen LogP contribution in [0.5, 0.6) is 0 Å². The van der Waals surface area contributed by atoms with Crippen molar-refractivity contribution in [2.24, 2.45) is 7.05 Å². The molecule has 1 aromatic rings. The van der Waals surface area contributed by atoms with Crippen molar-refractivity contribution < 1.29 is 14.3 Å². The molecule has 1 N–H and O–H groups in total. The van der Waals surface area contributed by atoms with Crippen LogP contribution in [0.15, 0.2) is 6.33 Å². The van der Waals surface area contributed by atoms with Gasteiger partial charge in [-0.05, 0) is 0 Å². The molecule has 0 saturated carbocycles. The van der Waals surface area contributed by atoms with Crippen molar-refractivity contribution in [1.29, 1.82) is 0 Å². The van der Waals surface area contributed by atoms with E-state index in [1.807, 2.05) is 0 Å². The van der Waals surface area contributed by atoms with E-state index in [0.29, 0.717) is 0 Å². The number of rotatable bonds is 1. The molecule has 1 fully saturated rings. The Hall–Kier alpha value is -1.66. The first-order valence-electron chi connectivity index (χ1n) is 5.04. The average molecular weight is 228 g/mol. The van der Waals surface area contributed by atoms with Crippen LogP contribution < -0.4 is 0 Å². The number of carbonyl (C=O) groups is 1. The summed E-state index contributed by atoms with van der Waals surface area (Å²) in [6, 6.07) is 0. The molecule has 1 aromatic heterocycles. The van der Waals surface area contributed by atoms with E-state index in [2.05, 4.69) is 10.2 Å². The molecule has 0 bridgehead atoms. The summed E-state index contributed by atoms with van der Waals surface area (Å²) in [7, 11) is 1.68. The molecule has 0 aliphatic carbocycles. The lowest BCUT2D eigenvalue weighted by molar-refractivity contribution is 0.0465. The molecule has 0 atom stereocenters. The topological polar surface area (TPSA) is 71.2 Å². The first kappa shape index (κ1) is 10.8. The van der Waals surface area contributed by atoms with Gasteiger partial charge in [0.2, 0.25) is 0 Å². The van der Waals surface area contributed by atoms with Crippen LogP contribution in [0.1, 0.15) is 18.7 Å². The van der Waals surface area contributed by atoms with Crippen LogP contribution in [0, 0.1) is 0 Å². The summed E-state index contributed by atoms with van der Waals surface area (Å²) in [5.74, 6) is 0.275. The van der Waals surface area contributed by atoms with Crippen molar-refractivity contribution in [1.82, 2.24) is 19.7 Å². The van der Waals surface area contributed by atoms with Gasteiger partial charge in [-0.2, -0.15) is 0 Å². The van der Waals surface area contributed by atoms with Gasteiger partial charge in [0.1, 0.15) is 6.33 Å². The van der Waals surface area contributed by atoms with Crippen molar-refractivity contribution in [3.63, 3.8) is 0 Å². The van der Waals surface area contributed by atoms with Crippen LogP contribution in [0.2, 0.25) is 0 Å². The molecule has 88 valence electrons. The highest BCUT2D eigenvalue weighted by atomic mass is 19.1. The number of carboxylic acid groups (broad SMARTS) is 1. The van der Waals surface area contributed by atoms with Crippen LogP contribution in [-0.4, -0.2) is 44.0 Å². The van der Waals surface area contributed by atoms with Crippen LogP contribution in [0.3, 0.4) is 0 Å². The molecule has 0 unspecified atom stereocenters. The number of hydrogen-bond acceptors (Lipinski definition) is 3. The third-order valence-corrected chi connectivity index (χ3v) is 2.94. The minimum absolute atomic E-state index is 0.131. The Morgan fingerprint density at radius 2 is 2.19 bits per heavy atom. The predicted octanol–water partition coefficient (Wildman–Crippen LogP) is 0.754. The molecule has 7 heteroatoms. The summed E-state index contributed by atoms with van der Waals surface area (Å²) in [6.45, 7) is 0.386. The Labute approximate surface area is 91.7 Å². The second-order valence-corrected chi connectivity index (χ2v) is 4.00. The van der Waals surface area contributed by atoms with Gasteiger partial charge in [0, 0.05) is 33.0 Å². The number of amides is 1. The molecule has 1 amide bonds. The molecule has 1 aliphatic rings. The average Bonchev–Trinajstić information content (AvgIpc) is 2.66. The van der Waals surface area contributed by atoms with E-state index in [-0.39, 0.29) is 31.8 Å². The van der Waals surface area contributed by atoms with Crippen molar-refractivity contribution in [3.05, 3.63) is 12.2 Å². The minimum Gasteiger partial charge on any atom is -0.465 e. The monoisotopic (exact) mass is 228 g/mol. The predicted molar refractivity (Wildman–Crippen MR) is 52.6 cm³/mol. The van der Waals surface area contributed by atoms with Crippen molar-refractivity contribution in [2.45, 2.75) is 18.5 Å². The molecule has 0 spiro atoms. The van der Waals surface area contributed by atoms with E-state index in [1.165, 1.54) is 15.8 Å². The zero-order valence-corrected chi connectivity index (χ0v) is 8.93. The highest BCUT2D eigenvalue weighted by Crippen LogP contribution is 2.35. The third kappa shape index (κ3) is 1.72. The zero-order chi connectivity index (χ0) is 11.8. The van der Waals surface area contributed by atoms with E-state index in [0.717, 1.165) is 0 Å². The molecular weight excluding hydrogens is 215 g/mol. The maximum Gasteiger partial charge on any atom is 0.407 e. The summed E-state index contributed by atoms with van der Waals surface area (Å²) >= 11 is 0. The molecule has 1 saturated heterocycles. The highest BCUT2D eigenvalue weighted by Gasteiger charge is 2.41. The van der Waals surface area contributed by atoms with Gasteiger partial charge < -0.3 is 14.6 Å². The van der Waals surface area contributed by atoms with Gasteiger partial charge in [0.15, 0.2) is 11.5 Å². The Bertz CT molecular complexity index is 398. The summed E-state index contributed by atoms with van der Waals surface area (Å²) in [4.78, 5) is 11.9. The fourth-order valence-electron chi connectivity index (χ4n) is 1.96. The quantitative estimate of drug-likeness (QED) is 0.770. The third-order valence-electron chi connectivity index (χ3n) is 2.94. The Morgan fingerprint density at radius 1 is 1.56 bits per heavy atom. The number of piperidine rings is 1. The maximum absolute atomic E-state index is 14.5. The number of aryl methyl sites for hydroxylation is 1. The summed E-state index contributed by atoms with van der Waals surface area (Å²) in [5, 5.41) is 16.2. The normalized spacial score (nSPS) is 19.8. The van der Waals surface area contributed by atoms with Crippen molar-refractivity contribution in [3.8, 4) is 0 Å². The van der Waals surface area contributed by atoms with Crippen LogP contribution in [-0.2, 0) is 12.7 Å². The Kier molecular flexibility index (Phi) is 2.53. The number of hydrogen-bond donors (Lipinski definition) is 1. The summed E-state index contributed by atoms with van der Waals surface area (Å²) in [5.41, 5.74) is -1.56. The van der Waals surface area contributed by atoms with Crippen molar-refractivity contribution in [2.75, 3.05) is 13.1 Å². The van der Waals surface area contributed by atoms with Gasteiger partial charge in [-0.15, -0.1) is 10.2 Å². The SMILES string of the molecule is Cn1cnnc1C1(F)CCN(C(=O)O)CC1. The van der Waals surface area contributed by atoms with Crippen LogP contribution in [0.25, 0.3) is 0 Å². The molecule has 2 rings (SSSR count). The molecular formula is C9H13FN4O2. The largest absolute Gasteiger partial charge is 0.465 e. The molecule has 6 nitrogen and oxygen atoms in total. The lowest BCUT2D eigenvalue weighted by atomic mass is 9.92. The van der Waals surface area contributed by atoms with E-state index >= 15 is 0 Å². The number of halogens is 1. The van der Waals surface area contributed by atoms with Gasteiger partial charge in [-0.1, -0.05) is 0 Å². The molecule has 2 heterocycles. The van der Waals surface area contributed by atoms with Crippen LogP contribution in [0.4, 0.5) is 9.18 Å². The maximum atomic E-state index is 14.5. The van der Waals surface area contributed by atoms with Gasteiger partial charge in [-0.3, -0.25) is 0 Å². The molecule has 1 aliphatic heterocycles. The second kappa shape index (κ2) is 3.73. The van der Waals surface area contributed by atoms with Crippen molar-refractivity contribution >= 4 is 6.09 Å². The van der Waals surface area contributed by atoms with Crippen LogP contribution >= 0.6 is 0 Å². The standard InChI is InChI=1S/C9H13FN4O2/c1-13-6-11-12-7(13)9(10)2-4-14(5-3-9)8(15)16/h6H,2-5H2,1H3,(H,15,16). The number of nitrogens with zero attached hydrogens (tertiary/aromatic N) is 4. The van der Waals surface area contributed by atoms with E-state index in [1.54, 1.807) is 7.05 Å². The fourth-order valence-corrected chi connectivity index (χ4v) is 1.96. The lowest BCUT2D eigenvalue weighted by Crippen LogP contribution is -2.43. The lowest BCUT2D eigenvalue weighted by Gasteiger charge is -2.33. The summed E-state index contributed by atoms with van der Waals surface area (Å²) in [6.07, 6.45) is 0.706. The van der Waals surface area contributed by atoms with E-state index in [9.17, 15) is 9.18 Å². The molecule has 0 aromatic carbocycles. The summed E-state index contributed by atoms with van der Waals surface area (Å²) < 4.78 is 16.0. The van der Waals surface area contributed by atoms with Gasteiger partial charge >= 0.3 is 6.09 Å². The fraction of sp³-hybridized carbons (Fsp3) is 0.667. The molecule has 0 radical (unpaired) electrons. The number of aromatic nitrogens is 3. The highest BCUT2D eigenvalue weighted by molar-refractivity contribution is 5.65. The second-order valence-electron chi connectivity index (χ2n) is 4.00. The van der Waals surface area contributed by atoms with Gasteiger partial charge in [-0.25, -0.2) is 9.18 Å². The van der Waals surface area contributed by atoms with E-state index < -0.39 is 11.8 Å². The first-order chi connectivity index (χ1) is 7.53.